The second-order valence-electron chi connectivity index (χ2n) is 8.62. The van der Waals surface area contributed by atoms with Gasteiger partial charge in [0.1, 0.15) is 0 Å². The molecular formula is C19H38N2. The van der Waals surface area contributed by atoms with E-state index in [1.807, 2.05) is 0 Å². The Hall–Kier alpha value is -0.0800. The molecule has 2 aliphatic carbocycles. The van der Waals surface area contributed by atoms with Crippen molar-refractivity contribution in [3.05, 3.63) is 0 Å². The van der Waals surface area contributed by atoms with Crippen LogP contribution in [0.25, 0.3) is 0 Å². The summed E-state index contributed by atoms with van der Waals surface area (Å²) in [6, 6.07) is 2.12. The van der Waals surface area contributed by atoms with Gasteiger partial charge in [-0.1, -0.05) is 34.1 Å². The van der Waals surface area contributed by atoms with Crippen molar-refractivity contribution in [2.45, 2.75) is 104 Å². The maximum Gasteiger partial charge on any atom is 0.00992 e. The Bertz CT molecular complexity index is 299. The molecule has 2 nitrogen and oxygen atoms in total. The van der Waals surface area contributed by atoms with E-state index in [1.165, 1.54) is 64.3 Å². The molecule has 0 saturated heterocycles. The SMILES string of the molecule is CCN(C1CCC(N)CC1)C1CCCC(C(C)(C)C)CC1. The number of nitrogens with zero attached hydrogens (tertiary/aromatic N) is 1. The highest BCUT2D eigenvalue weighted by atomic mass is 15.2. The normalized spacial score (nSPS) is 35.7. The smallest absolute Gasteiger partial charge is 0.00992 e. The lowest BCUT2D eigenvalue weighted by atomic mass is 9.76. The van der Waals surface area contributed by atoms with Crippen molar-refractivity contribution < 1.29 is 0 Å². The van der Waals surface area contributed by atoms with Gasteiger partial charge in [0.2, 0.25) is 0 Å². The molecule has 2 aliphatic rings. The monoisotopic (exact) mass is 294 g/mol. The van der Waals surface area contributed by atoms with Crippen molar-refractivity contribution in [3.8, 4) is 0 Å². The molecule has 0 radical (unpaired) electrons. The molecule has 124 valence electrons. The summed E-state index contributed by atoms with van der Waals surface area (Å²) in [4.78, 5) is 2.84. The summed E-state index contributed by atoms with van der Waals surface area (Å²) in [6.07, 6.45) is 12.3. The standard InChI is InChI=1S/C19H38N2/c1-5-21(18-13-10-16(20)11-14-18)17-8-6-7-15(9-12-17)19(2,3)4/h15-18H,5-14,20H2,1-4H3. The first-order valence-electron chi connectivity index (χ1n) is 9.43. The molecule has 2 saturated carbocycles. The van der Waals surface area contributed by atoms with Crippen LogP contribution < -0.4 is 5.73 Å². The molecule has 2 atom stereocenters. The molecule has 2 unspecified atom stereocenters. The van der Waals surface area contributed by atoms with E-state index in [9.17, 15) is 0 Å². The van der Waals surface area contributed by atoms with Crippen molar-refractivity contribution in [2.75, 3.05) is 6.54 Å². The van der Waals surface area contributed by atoms with Crippen molar-refractivity contribution in [1.29, 1.82) is 0 Å². The van der Waals surface area contributed by atoms with Crippen molar-refractivity contribution in [3.63, 3.8) is 0 Å². The van der Waals surface area contributed by atoms with Crippen LogP contribution in [0.4, 0.5) is 0 Å². The summed E-state index contributed by atoms with van der Waals surface area (Å²) in [5.74, 6) is 0.918. The van der Waals surface area contributed by atoms with Crippen LogP contribution in [-0.2, 0) is 0 Å². The van der Waals surface area contributed by atoms with Gasteiger partial charge in [-0.05, 0) is 69.2 Å². The van der Waals surface area contributed by atoms with Gasteiger partial charge in [0, 0.05) is 18.1 Å². The Morgan fingerprint density at radius 1 is 0.857 bits per heavy atom. The van der Waals surface area contributed by atoms with Gasteiger partial charge in [-0.2, -0.15) is 0 Å². The summed E-state index contributed by atoms with van der Waals surface area (Å²) in [5, 5.41) is 0. The Labute approximate surface area is 132 Å². The van der Waals surface area contributed by atoms with Gasteiger partial charge in [0.05, 0.1) is 0 Å². The lowest BCUT2D eigenvalue weighted by Gasteiger charge is -2.40. The molecule has 0 spiro atoms. The Morgan fingerprint density at radius 3 is 2.00 bits per heavy atom. The lowest BCUT2D eigenvalue weighted by Crippen LogP contribution is -2.46. The highest BCUT2D eigenvalue weighted by molar-refractivity contribution is 4.87. The predicted octanol–water partition coefficient (Wildman–Crippen LogP) is 4.57. The first-order valence-corrected chi connectivity index (χ1v) is 9.43. The highest BCUT2D eigenvalue weighted by Gasteiger charge is 2.32. The van der Waals surface area contributed by atoms with Crippen molar-refractivity contribution in [1.82, 2.24) is 4.90 Å². The predicted molar refractivity (Wildman–Crippen MR) is 92.4 cm³/mol. The van der Waals surface area contributed by atoms with Crippen LogP contribution in [0.3, 0.4) is 0 Å². The zero-order valence-electron chi connectivity index (χ0n) is 14.9. The molecule has 0 heterocycles. The zero-order chi connectivity index (χ0) is 15.5. The molecular weight excluding hydrogens is 256 g/mol. The van der Waals surface area contributed by atoms with Crippen LogP contribution in [-0.4, -0.2) is 29.6 Å². The van der Waals surface area contributed by atoms with Gasteiger partial charge in [0.25, 0.3) is 0 Å². The van der Waals surface area contributed by atoms with Gasteiger partial charge >= 0.3 is 0 Å². The summed E-state index contributed by atoms with van der Waals surface area (Å²) < 4.78 is 0. The minimum atomic E-state index is 0.472. The maximum atomic E-state index is 6.09. The Kier molecular flexibility index (Phi) is 6.14. The molecule has 2 fully saturated rings. The Morgan fingerprint density at radius 2 is 1.43 bits per heavy atom. The fourth-order valence-corrected chi connectivity index (χ4v) is 4.73. The molecule has 0 amide bonds. The molecule has 0 aromatic carbocycles. The molecule has 0 aliphatic heterocycles. The van der Waals surface area contributed by atoms with Gasteiger partial charge < -0.3 is 5.73 Å². The number of hydrogen-bond donors (Lipinski definition) is 1. The van der Waals surface area contributed by atoms with Crippen LogP contribution in [0.15, 0.2) is 0 Å². The van der Waals surface area contributed by atoms with Crippen LogP contribution >= 0.6 is 0 Å². The lowest BCUT2D eigenvalue weighted by molar-refractivity contribution is 0.0940. The molecule has 21 heavy (non-hydrogen) atoms. The van der Waals surface area contributed by atoms with E-state index in [-0.39, 0.29) is 0 Å². The average Bonchev–Trinajstić information content (AvgIpc) is 2.67. The van der Waals surface area contributed by atoms with Crippen LogP contribution in [0.1, 0.15) is 85.5 Å². The average molecular weight is 295 g/mol. The first-order chi connectivity index (χ1) is 9.91. The Balaban J connectivity index is 1.93. The first kappa shape index (κ1) is 17.3. The summed E-state index contributed by atoms with van der Waals surface area (Å²) in [5.41, 5.74) is 6.58. The number of hydrogen-bond acceptors (Lipinski definition) is 2. The van der Waals surface area contributed by atoms with E-state index < -0.39 is 0 Å². The molecule has 0 aromatic rings. The maximum absolute atomic E-state index is 6.09. The second kappa shape index (κ2) is 7.46. The van der Waals surface area contributed by atoms with Gasteiger partial charge in [-0.25, -0.2) is 0 Å². The van der Waals surface area contributed by atoms with E-state index in [2.05, 4.69) is 32.6 Å². The highest BCUT2D eigenvalue weighted by Crippen LogP contribution is 2.38. The molecule has 0 aromatic heterocycles. The van der Waals surface area contributed by atoms with Crippen molar-refractivity contribution in [2.24, 2.45) is 17.1 Å². The molecule has 2 N–H and O–H groups in total. The van der Waals surface area contributed by atoms with Gasteiger partial charge in [0.15, 0.2) is 0 Å². The van der Waals surface area contributed by atoms with Gasteiger partial charge in [-0.3, -0.25) is 4.90 Å². The zero-order valence-corrected chi connectivity index (χ0v) is 14.9. The fraction of sp³-hybridized carbons (Fsp3) is 1.00. The van der Waals surface area contributed by atoms with Crippen LogP contribution in [0, 0.1) is 11.3 Å². The summed E-state index contributed by atoms with van der Waals surface area (Å²) in [6.45, 7) is 10.9. The second-order valence-corrected chi connectivity index (χ2v) is 8.62. The quantitative estimate of drug-likeness (QED) is 0.772. The minimum Gasteiger partial charge on any atom is -0.328 e. The molecule has 2 heteroatoms. The summed E-state index contributed by atoms with van der Waals surface area (Å²) in [7, 11) is 0. The largest absolute Gasteiger partial charge is 0.328 e. The third kappa shape index (κ3) is 4.69. The van der Waals surface area contributed by atoms with E-state index in [4.69, 9.17) is 5.73 Å². The fourth-order valence-electron chi connectivity index (χ4n) is 4.73. The van der Waals surface area contributed by atoms with Gasteiger partial charge in [-0.15, -0.1) is 0 Å². The van der Waals surface area contributed by atoms with Crippen LogP contribution in [0.2, 0.25) is 0 Å². The molecule has 0 bridgehead atoms. The number of nitrogens with two attached hydrogens (primary N) is 1. The minimum absolute atomic E-state index is 0.472. The van der Waals surface area contributed by atoms with Crippen LogP contribution in [0.5, 0.6) is 0 Å². The van der Waals surface area contributed by atoms with E-state index in [0.717, 1.165) is 18.0 Å². The van der Waals surface area contributed by atoms with E-state index >= 15 is 0 Å². The van der Waals surface area contributed by atoms with Crippen molar-refractivity contribution >= 4 is 0 Å². The van der Waals surface area contributed by atoms with E-state index in [1.54, 1.807) is 0 Å². The van der Waals surface area contributed by atoms with E-state index in [0.29, 0.717) is 11.5 Å². The molecule has 2 rings (SSSR count). The third-order valence-electron chi connectivity index (χ3n) is 6.21. The third-order valence-corrected chi connectivity index (χ3v) is 6.21. The summed E-state index contributed by atoms with van der Waals surface area (Å²) >= 11 is 0. The number of rotatable bonds is 3. The topological polar surface area (TPSA) is 29.3 Å².